The SMILES string of the molecule is CCCOc1ccc([C@@H]2C(=C(O)c3ccc(F)cc3)C(=O)C(=O)N2c2nccs2)cc1OCC. The van der Waals surface area contributed by atoms with Gasteiger partial charge in [0, 0.05) is 17.1 Å². The predicted octanol–water partition coefficient (Wildman–Crippen LogP) is 5.10. The van der Waals surface area contributed by atoms with E-state index in [2.05, 4.69) is 4.98 Å². The number of carbonyl (C=O) groups excluding carboxylic acids is 2. The molecule has 7 nitrogen and oxygen atoms in total. The second kappa shape index (κ2) is 10.0. The smallest absolute Gasteiger partial charge is 0.301 e. The second-order valence-corrected chi connectivity index (χ2v) is 8.35. The number of ketones is 1. The monoisotopic (exact) mass is 482 g/mol. The predicted molar refractivity (Wildman–Crippen MR) is 127 cm³/mol. The Balaban J connectivity index is 1.89. The Kier molecular flexibility index (Phi) is 6.93. The van der Waals surface area contributed by atoms with E-state index < -0.39 is 29.3 Å². The summed E-state index contributed by atoms with van der Waals surface area (Å²) in [5.41, 5.74) is 0.637. The van der Waals surface area contributed by atoms with Gasteiger partial charge in [0.2, 0.25) is 0 Å². The van der Waals surface area contributed by atoms with Gasteiger partial charge >= 0.3 is 5.91 Å². The van der Waals surface area contributed by atoms with Gasteiger partial charge in [0.05, 0.1) is 24.8 Å². The number of halogens is 1. The molecule has 176 valence electrons. The molecule has 34 heavy (non-hydrogen) atoms. The maximum atomic E-state index is 13.4. The largest absolute Gasteiger partial charge is 0.507 e. The van der Waals surface area contributed by atoms with Crippen LogP contribution in [0.25, 0.3) is 5.76 Å². The molecule has 2 heterocycles. The number of aromatic nitrogens is 1. The molecule has 1 amide bonds. The molecule has 0 bridgehead atoms. The number of anilines is 1. The molecule has 0 aliphatic carbocycles. The van der Waals surface area contributed by atoms with Gasteiger partial charge in [-0.1, -0.05) is 13.0 Å². The van der Waals surface area contributed by atoms with Crippen molar-refractivity contribution in [3.8, 4) is 11.5 Å². The molecular formula is C25H23FN2O5S. The fourth-order valence-corrected chi connectivity index (χ4v) is 4.40. The number of Topliss-reactive ketones (excluding diaryl/α,β-unsaturated/α-hetero) is 1. The topological polar surface area (TPSA) is 89.0 Å². The first-order valence-corrected chi connectivity index (χ1v) is 11.7. The number of ether oxygens (including phenoxy) is 2. The van der Waals surface area contributed by atoms with Crippen molar-refractivity contribution in [2.45, 2.75) is 26.3 Å². The van der Waals surface area contributed by atoms with E-state index in [-0.39, 0.29) is 11.1 Å². The number of aliphatic hydroxyl groups excluding tert-OH is 1. The summed E-state index contributed by atoms with van der Waals surface area (Å²) in [7, 11) is 0. The fourth-order valence-electron chi connectivity index (χ4n) is 3.74. The summed E-state index contributed by atoms with van der Waals surface area (Å²) in [5.74, 6) is -1.55. The van der Waals surface area contributed by atoms with Crippen LogP contribution in [0.1, 0.15) is 37.4 Å². The molecule has 1 aliphatic rings. The standard InChI is InChI=1S/C25H23FN2O5S/c1-3-12-33-18-10-7-16(14-19(18)32-4-2)21-20(22(29)15-5-8-17(26)9-6-15)23(30)24(31)28(21)25-27-11-13-34-25/h5-11,13-14,21,29H,3-4,12H2,1-2H3/t21-/m1/s1. The summed E-state index contributed by atoms with van der Waals surface area (Å²) in [5, 5.41) is 13.1. The highest BCUT2D eigenvalue weighted by molar-refractivity contribution is 7.14. The highest BCUT2D eigenvalue weighted by Crippen LogP contribution is 2.44. The van der Waals surface area contributed by atoms with Crippen LogP contribution in [-0.4, -0.2) is 35.0 Å². The van der Waals surface area contributed by atoms with E-state index in [9.17, 15) is 19.1 Å². The molecule has 0 unspecified atom stereocenters. The van der Waals surface area contributed by atoms with Crippen LogP contribution in [0, 0.1) is 5.82 Å². The molecule has 3 aromatic rings. The lowest BCUT2D eigenvalue weighted by molar-refractivity contribution is -0.132. The van der Waals surface area contributed by atoms with Gasteiger partial charge < -0.3 is 14.6 Å². The Labute approximate surface area is 200 Å². The lowest BCUT2D eigenvalue weighted by atomic mass is 9.95. The second-order valence-electron chi connectivity index (χ2n) is 7.48. The summed E-state index contributed by atoms with van der Waals surface area (Å²) in [4.78, 5) is 31.7. The summed E-state index contributed by atoms with van der Waals surface area (Å²) in [6, 6.07) is 9.23. The minimum atomic E-state index is -0.962. The van der Waals surface area contributed by atoms with Crippen LogP contribution in [0.15, 0.2) is 59.6 Å². The zero-order valence-corrected chi connectivity index (χ0v) is 19.5. The van der Waals surface area contributed by atoms with Crippen molar-refractivity contribution in [2.75, 3.05) is 18.1 Å². The number of rotatable bonds is 8. The number of thiazole rings is 1. The quantitative estimate of drug-likeness (QED) is 0.273. The molecular weight excluding hydrogens is 459 g/mol. The zero-order valence-electron chi connectivity index (χ0n) is 18.7. The van der Waals surface area contributed by atoms with E-state index in [1.165, 1.54) is 46.7 Å². The molecule has 1 aromatic heterocycles. The van der Waals surface area contributed by atoms with E-state index in [1.807, 2.05) is 13.8 Å². The average Bonchev–Trinajstić information content (AvgIpc) is 3.45. The average molecular weight is 483 g/mol. The first-order chi connectivity index (χ1) is 16.5. The minimum Gasteiger partial charge on any atom is -0.507 e. The van der Waals surface area contributed by atoms with Gasteiger partial charge in [-0.25, -0.2) is 9.37 Å². The zero-order chi connectivity index (χ0) is 24.2. The van der Waals surface area contributed by atoms with Gasteiger partial charge in [-0.3, -0.25) is 14.5 Å². The molecule has 0 spiro atoms. The Morgan fingerprint density at radius 2 is 1.88 bits per heavy atom. The van der Waals surface area contributed by atoms with Gasteiger partial charge in [0.1, 0.15) is 11.6 Å². The van der Waals surface area contributed by atoms with Crippen molar-refractivity contribution < 1.29 is 28.6 Å². The molecule has 4 rings (SSSR count). The normalized spacial score (nSPS) is 17.3. The Hall–Kier alpha value is -3.72. The lowest BCUT2D eigenvalue weighted by Crippen LogP contribution is -2.29. The maximum absolute atomic E-state index is 13.4. The first kappa shape index (κ1) is 23.4. The van der Waals surface area contributed by atoms with Crippen molar-refractivity contribution in [2.24, 2.45) is 0 Å². The van der Waals surface area contributed by atoms with Gasteiger partial charge in [0.25, 0.3) is 5.78 Å². The maximum Gasteiger partial charge on any atom is 0.301 e. The molecule has 2 aromatic carbocycles. The van der Waals surface area contributed by atoms with Crippen molar-refractivity contribution in [3.05, 3.63) is 76.6 Å². The number of benzene rings is 2. The molecule has 1 aliphatic heterocycles. The third-order valence-electron chi connectivity index (χ3n) is 5.23. The number of carbonyl (C=O) groups is 2. The van der Waals surface area contributed by atoms with Crippen LogP contribution in [0.4, 0.5) is 9.52 Å². The molecule has 1 atom stereocenters. The van der Waals surface area contributed by atoms with Crippen molar-refractivity contribution in [1.82, 2.24) is 4.98 Å². The van der Waals surface area contributed by atoms with Gasteiger partial charge in [0.15, 0.2) is 16.6 Å². The minimum absolute atomic E-state index is 0.114. The highest BCUT2D eigenvalue weighted by atomic mass is 32.1. The van der Waals surface area contributed by atoms with E-state index in [1.54, 1.807) is 23.6 Å². The molecule has 1 N–H and O–H groups in total. The van der Waals surface area contributed by atoms with E-state index >= 15 is 0 Å². The summed E-state index contributed by atoms with van der Waals surface area (Å²) in [6.07, 6.45) is 2.35. The number of aliphatic hydroxyl groups is 1. The first-order valence-electron chi connectivity index (χ1n) is 10.8. The van der Waals surface area contributed by atoms with Crippen molar-refractivity contribution in [1.29, 1.82) is 0 Å². The lowest BCUT2D eigenvalue weighted by Gasteiger charge is -2.24. The van der Waals surface area contributed by atoms with Gasteiger partial charge in [-0.05, 0) is 55.3 Å². The summed E-state index contributed by atoms with van der Waals surface area (Å²) in [6.45, 7) is 4.72. The number of hydrogen-bond acceptors (Lipinski definition) is 7. The van der Waals surface area contributed by atoms with Crippen LogP contribution < -0.4 is 14.4 Å². The fraction of sp³-hybridized carbons (Fsp3) is 0.240. The van der Waals surface area contributed by atoms with Gasteiger partial charge in [-0.2, -0.15) is 0 Å². The van der Waals surface area contributed by atoms with E-state index in [0.29, 0.717) is 35.4 Å². The summed E-state index contributed by atoms with van der Waals surface area (Å²) < 4.78 is 25.0. The Bertz CT molecular complexity index is 1220. The number of hydrogen-bond donors (Lipinski definition) is 1. The van der Waals surface area contributed by atoms with Crippen molar-refractivity contribution >= 4 is 33.9 Å². The highest BCUT2D eigenvalue weighted by Gasteiger charge is 2.48. The number of amides is 1. The number of nitrogens with zero attached hydrogens (tertiary/aromatic N) is 2. The molecule has 1 saturated heterocycles. The van der Waals surface area contributed by atoms with Crippen LogP contribution in [0.2, 0.25) is 0 Å². The Morgan fingerprint density at radius 1 is 1.12 bits per heavy atom. The third-order valence-corrected chi connectivity index (χ3v) is 6.00. The molecule has 1 fully saturated rings. The Morgan fingerprint density at radius 3 is 2.53 bits per heavy atom. The van der Waals surface area contributed by atoms with E-state index in [4.69, 9.17) is 9.47 Å². The molecule has 9 heteroatoms. The van der Waals surface area contributed by atoms with Crippen LogP contribution in [0.3, 0.4) is 0 Å². The van der Waals surface area contributed by atoms with Crippen LogP contribution >= 0.6 is 11.3 Å². The van der Waals surface area contributed by atoms with E-state index in [0.717, 1.165) is 6.42 Å². The molecule has 0 radical (unpaired) electrons. The summed E-state index contributed by atoms with van der Waals surface area (Å²) >= 11 is 1.20. The van der Waals surface area contributed by atoms with Crippen LogP contribution in [0.5, 0.6) is 11.5 Å². The van der Waals surface area contributed by atoms with Gasteiger partial charge in [-0.15, -0.1) is 11.3 Å². The van der Waals surface area contributed by atoms with Crippen molar-refractivity contribution in [3.63, 3.8) is 0 Å². The third kappa shape index (κ3) is 4.38. The molecule has 0 saturated carbocycles. The van der Waals surface area contributed by atoms with Crippen LogP contribution in [-0.2, 0) is 9.59 Å².